The number of halogens is 2. The van der Waals surface area contributed by atoms with Crippen LogP contribution in [-0.4, -0.2) is 37.6 Å². The molecule has 0 radical (unpaired) electrons. The quantitative estimate of drug-likeness (QED) is 0.294. The van der Waals surface area contributed by atoms with Gasteiger partial charge in [0.05, 0.1) is 29.0 Å². The Hall–Kier alpha value is -4.47. The molecule has 0 fully saturated rings. The maximum atomic E-state index is 12.7. The number of benzene rings is 3. The van der Waals surface area contributed by atoms with Crippen LogP contribution in [0.3, 0.4) is 0 Å². The first-order chi connectivity index (χ1) is 17.7. The number of aromatic hydroxyl groups is 1. The van der Waals surface area contributed by atoms with Gasteiger partial charge in [-0.1, -0.05) is 35.3 Å². The number of H-pyrrole nitrogens is 1. The number of hydrogen-bond acceptors (Lipinski definition) is 6. The molecule has 5 rings (SSSR count). The van der Waals surface area contributed by atoms with E-state index in [-0.39, 0.29) is 17.8 Å². The van der Waals surface area contributed by atoms with Crippen molar-refractivity contribution in [3.05, 3.63) is 120 Å². The number of carbonyl (C=O) groups is 2. The largest absolute Gasteiger partial charge is 0.493 e. The smallest absolute Gasteiger partial charge is 0.335 e. The zero-order valence-corrected chi connectivity index (χ0v) is 20.3. The zero-order valence-electron chi connectivity index (χ0n) is 18.8. The Morgan fingerprint density at radius 3 is 2.19 bits per heavy atom. The van der Waals surface area contributed by atoms with Crippen molar-refractivity contribution in [2.24, 2.45) is 4.99 Å². The Morgan fingerprint density at radius 2 is 1.54 bits per heavy atom. The maximum Gasteiger partial charge on any atom is 0.335 e. The van der Waals surface area contributed by atoms with Gasteiger partial charge >= 0.3 is 5.69 Å². The number of aromatic nitrogens is 2. The average molecular weight is 535 g/mol. The number of aromatic amines is 1. The van der Waals surface area contributed by atoms with E-state index in [4.69, 9.17) is 23.2 Å². The van der Waals surface area contributed by atoms with Crippen molar-refractivity contribution in [2.45, 2.75) is 6.54 Å². The number of hydrogen-bond donors (Lipinski definition) is 2. The molecule has 1 aliphatic heterocycles. The number of amides is 2. The molecule has 9 nitrogen and oxygen atoms in total. The number of nitrogens with one attached hydrogen (secondary N) is 1. The Morgan fingerprint density at radius 1 is 0.892 bits per heavy atom. The predicted octanol–water partition coefficient (Wildman–Crippen LogP) is 4.09. The number of imide groups is 1. The molecule has 1 aliphatic rings. The van der Waals surface area contributed by atoms with Crippen LogP contribution in [0.1, 0.15) is 31.8 Å². The van der Waals surface area contributed by atoms with E-state index >= 15 is 0 Å². The van der Waals surface area contributed by atoms with Crippen LogP contribution in [0.15, 0.2) is 81.3 Å². The van der Waals surface area contributed by atoms with Crippen molar-refractivity contribution in [3.63, 3.8) is 0 Å². The molecule has 2 heterocycles. The van der Waals surface area contributed by atoms with Crippen LogP contribution in [-0.2, 0) is 6.54 Å². The van der Waals surface area contributed by atoms with E-state index in [1.54, 1.807) is 42.5 Å². The van der Waals surface area contributed by atoms with Gasteiger partial charge in [-0.2, -0.15) is 0 Å². The third-order valence-electron chi connectivity index (χ3n) is 5.78. The molecule has 2 N–H and O–H groups in total. The number of carbonyl (C=O) groups excluding carboxylic acids is 2. The molecule has 0 bridgehead atoms. The summed E-state index contributed by atoms with van der Waals surface area (Å²) in [6, 6.07) is 17.3. The van der Waals surface area contributed by atoms with Crippen molar-refractivity contribution >= 4 is 46.9 Å². The fourth-order valence-electron chi connectivity index (χ4n) is 3.94. The van der Waals surface area contributed by atoms with Crippen LogP contribution in [0.4, 0.5) is 5.69 Å². The summed E-state index contributed by atoms with van der Waals surface area (Å²) in [7, 11) is 0. The molecule has 2 amide bonds. The third kappa shape index (κ3) is 4.46. The first kappa shape index (κ1) is 24.2. The highest BCUT2D eigenvalue weighted by molar-refractivity contribution is 6.31. The number of nitrogens with zero attached hydrogens (tertiary/aromatic N) is 3. The summed E-state index contributed by atoms with van der Waals surface area (Å²) in [6.07, 6.45) is 1.11. The summed E-state index contributed by atoms with van der Waals surface area (Å²) >= 11 is 12.2. The molecule has 0 spiro atoms. The lowest BCUT2D eigenvalue weighted by atomic mass is 10.1. The van der Waals surface area contributed by atoms with Crippen LogP contribution in [0.2, 0.25) is 10.0 Å². The molecule has 3 aromatic carbocycles. The summed E-state index contributed by atoms with van der Waals surface area (Å²) < 4.78 is 0.911. The van der Waals surface area contributed by atoms with Gasteiger partial charge < -0.3 is 5.11 Å². The van der Waals surface area contributed by atoms with E-state index < -0.39 is 28.9 Å². The van der Waals surface area contributed by atoms with Gasteiger partial charge in [-0.3, -0.25) is 29.3 Å². The van der Waals surface area contributed by atoms with Crippen molar-refractivity contribution in [1.82, 2.24) is 14.5 Å². The van der Waals surface area contributed by atoms with Gasteiger partial charge in [0.15, 0.2) is 0 Å². The summed E-state index contributed by atoms with van der Waals surface area (Å²) in [6.45, 7) is -0.0815. The van der Waals surface area contributed by atoms with E-state index in [1.165, 1.54) is 24.3 Å². The molecule has 1 aromatic heterocycles. The molecular formula is C26H16Cl2N4O5. The van der Waals surface area contributed by atoms with E-state index in [9.17, 15) is 24.3 Å². The first-order valence-corrected chi connectivity index (χ1v) is 11.6. The van der Waals surface area contributed by atoms with Crippen LogP contribution >= 0.6 is 23.2 Å². The lowest BCUT2D eigenvalue weighted by Gasteiger charge is -2.15. The minimum absolute atomic E-state index is 0.0815. The zero-order chi connectivity index (χ0) is 26.3. The Labute approximate surface area is 218 Å². The molecule has 184 valence electrons. The highest BCUT2D eigenvalue weighted by atomic mass is 35.5. The van der Waals surface area contributed by atoms with Gasteiger partial charge in [-0.25, -0.2) is 9.36 Å². The van der Waals surface area contributed by atoms with Gasteiger partial charge in [0.1, 0.15) is 5.56 Å². The van der Waals surface area contributed by atoms with Gasteiger partial charge in [0, 0.05) is 16.3 Å². The normalized spacial score (nSPS) is 13.0. The molecular weight excluding hydrogens is 519 g/mol. The Balaban J connectivity index is 1.46. The van der Waals surface area contributed by atoms with Crippen molar-refractivity contribution < 1.29 is 14.7 Å². The lowest BCUT2D eigenvalue weighted by molar-refractivity contribution is 0.0642. The fourth-order valence-corrected chi connectivity index (χ4v) is 4.24. The highest BCUT2D eigenvalue weighted by Gasteiger charge is 2.35. The topological polar surface area (TPSA) is 125 Å². The van der Waals surface area contributed by atoms with Crippen molar-refractivity contribution in [1.29, 1.82) is 0 Å². The Bertz CT molecular complexity index is 1690. The van der Waals surface area contributed by atoms with Gasteiger partial charge in [0.25, 0.3) is 17.4 Å². The van der Waals surface area contributed by atoms with E-state index in [1.807, 2.05) is 0 Å². The number of aliphatic imine (C=N–C) groups is 1. The van der Waals surface area contributed by atoms with Crippen LogP contribution in [0.5, 0.6) is 5.88 Å². The van der Waals surface area contributed by atoms with Crippen molar-refractivity contribution in [3.8, 4) is 11.6 Å². The maximum absolute atomic E-state index is 12.7. The number of fused-ring (bicyclic) bond motifs is 1. The van der Waals surface area contributed by atoms with Crippen LogP contribution < -0.4 is 11.2 Å². The summed E-state index contributed by atoms with van der Waals surface area (Å²) in [5.41, 5.74) is -0.215. The highest BCUT2D eigenvalue weighted by Crippen LogP contribution is 2.29. The summed E-state index contributed by atoms with van der Waals surface area (Å²) in [5, 5.41) is 11.4. The van der Waals surface area contributed by atoms with E-state index in [0.717, 1.165) is 15.7 Å². The predicted molar refractivity (Wildman–Crippen MR) is 139 cm³/mol. The first-order valence-electron chi connectivity index (χ1n) is 10.9. The second-order valence-electron chi connectivity index (χ2n) is 8.08. The standard InChI is InChI=1S/C26H16Cl2N4O5/c27-15-5-8-17(9-6-15)32-25(36)20(22(33)30-26(32)37)12-29-16-7-10-21(28)14(11-16)13-31-23(34)18-3-1-2-4-19(18)24(31)35/h1-12,36H,13H2,(H,30,33,37). The molecule has 0 unspecified atom stereocenters. The molecule has 11 heteroatoms. The molecule has 4 aromatic rings. The van der Waals surface area contributed by atoms with E-state index in [0.29, 0.717) is 32.4 Å². The van der Waals surface area contributed by atoms with E-state index in [2.05, 4.69) is 9.98 Å². The van der Waals surface area contributed by atoms with Crippen LogP contribution in [0.25, 0.3) is 5.69 Å². The Kier molecular flexibility index (Phi) is 6.24. The molecule has 0 saturated carbocycles. The minimum atomic E-state index is -0.836. The summed E-state index contributed by atoms with van der Waals surface area (Å²) in [4.78, 5) is 57.7. The monoisotopic (exact) mass is 534 g/mol. The minimum Gasteiger partial charge on any atom is -0.493 e. The molecule has 0 aliphatic carbocycles. The average Bonchev–Trinajstić information content (AvgIpc) is 3.11. The SMILES string of the molecule is O=C1c2ccccc2C(=O)N1Cc1cc(N=Cc2c(O)n(-c3ccc(Cl)cc3)c(=O)[nH]c2=O)ccc1Cl. The number of rotatable bonds is 5. The van der Waals surface area contributed by atoms with Crippen molar-refractivity contribution in [2.75, 3.05) is 0 Å². The van der Waals surface area contributed by atoms with Crippen LogP contribution in [0, 0.1) is 0 Å². The fraction of sp³-hybridized carbons (Fsp3) is 0.0385. The van der Waals surface area contributed by atoms with Gasteiger partial charge in [-0.05, 0) is 60.2 Å². The molecule has 0 saturated heterocycles. The molecule has 37 heavy (non-hydrogen) atoms. The second-order valence-corrected chi connectivity index (χ2v) is 8.93. The lowest BCUT2D eigenvalue weighted by Crippen LogP contribution is -2.31. The second kappa shape index (κ2) is 9.53. The third-order valence-corrected chi connectivity index (χ3v) is 6.41. The summed E-state index contributed by atoms with van der Waals surface area (Å²) in [5.74, 6) is -1.46. The molecule has 0 atom stereocenters. The van der Waals surface area contributed by atoms with Gasteiger partial charge in [0.2, 0.25) is 5.88 Å². The van der Waals surface area contributed by atoms with Gasteiger partial charge in [-0.15, -0.1) is 0 Å².